The van der Waals surface area contributed by atoms with Crippen molar-refractivity contribution in [3.63, 3.8) is 0 Å². The van der Waals surface area contributed by atoms with Gasteiger partial charge in [-0.3, -0.25) is 4.79 Å². The highest BCUT2D eigenvalue weighted by atomic mass is 35.5. The number of allylic oxidation sites excluding steroid dienone is 1. The lowest BCUT2D eigenvalue weighted by Gasteiger charge is -2.03. The number of rotatable bonds is 4. The first-order valence-corrected chi connectivity index (χ1v) is 7.30. The molecule has 1 aromatic heterocycles. The Labute approximate surface area is 128 Å². The van der Waals surface area contributed by atoms with Crippen molar-refractivity contribution in [2.75, 3.05) is 5.32 Å². The van der Waals surface area contributed by atoms with Crippen molar-refractivity contribution in [1.82, 2.24) is 9.78 Å². The Bertz CT molecular complexity index is 701. The number of nitrogens with zero attached hydrogens (tertiary/aromatic N) is 2. The molecule has 1 aromatic carbocycles. The van der Waals surface area contributed by atoms with Crippen molar-refractivity contribution < 1.29 is 4.79 Å². The summed E-state index contributed by atoms with van der Waals surface area (Å²) in [7, 11) is 0. The molecule has 1 amide bonds. The number of hydrogen-bond donors (Lipinski definition) is 1. The van der Waals surface area contributed by atoms with Gasteiger partial charge in [0.25, 0.3) is 0 Å². The Balaban J connectivity index is 1.72. The number of aromatic nitrogens is 2. The summed E-state index contributed by atoms with van der Waals surface area (Å²) in [6, 6.07) is 7.43. The highest BCUT2D eigenvalue weighted by Gasteiger charge is 2.23. The molecule has 1 aliphatic rings. The maximum Gasteiger partial charge on any atom is 0.248 e. The number of carbonyl (C=O) groups excluding carboxylic acids is 1. The largest absolute Gasteiger partial charge is 0.320 e. The second-order valence-electron chi connectivity index (χ2n) is 5.28. The number of carbonyl (C=O) groups is 1. The third-order valence-corrected chi connectivity index (χ3v) is 3.85. The lowest BCUT2D eigenvalue weighted by atomic mass is 10.2. The van der Waals surface area contributed by atoms with Crippen LogP contribution in [0.3, 0.4) is 0 Å². The van der Waals surface area contributed by atoms with Crippen molar-refractivity contribution in [1.29, 1.82) is 0 Å². The van der Waals surface area contributed by atoms with Gasteiger partial charge in [-0.2, -0.15) is 5.10 Å². The maximum atomic E-state index is 11.9. The van der Waals surface area contributed by atoms with Gasteiger partial charge < -0.3 is 5.32 Å². The first kappa shape index (κ1) is 13.9. The van der Waals surface area contributed by atoms with Gasteiger partial charge in [-0.1, -0.05) is 29.3 Å². The van der Waals surface area contributed by atoms with E-state index in [4.69, 9.17) is 11.6 Å². The minimum absolute atomic E-state index is 0.113. The molecule has 0 unspecified atom stereocenters. The van der Waals surface area contributed by atoms with Crippen LogP contribution in [0.5, 0.6) is 0 Å². The summed E-state index contributed by atoms with van der Waals surface area (Å²) < 4.78 is 1.65. The predicted molar refractivity (Wildman–Crippen MR) is 83.7 cm³/mol. The first-order chi connectivity index (χ1) is 10.1. The number of anilines is 1. The van der Waals surface area contributed by atoms with E-state index in [0.717, 1.165) is 11.3 Å². The molecule has 1 N–H and O–H groups in total. The molecule has 3 rings (SSSR count). The fourth-order valence-electron chi connectivity index (χ4n) is 2.20. The fourth-order valence-corrected chi connectivity index (χ4v) is 2.42. The number of para-hydroxylation sites is 1. The molecule has 1 fully saturated rings. The van der Waals surface area contributed by atoms with E-state index in [-0.39, 0.29) is 5.91 Å². The third kappa shape index (κ3) is 3.34. The molecule has 5 heteroatoms. The van der Waals surface area contributed by atoms with Gasteiger partial charge in [-0.15, -0.1) is 0 Å². The normalized spacial score (nSPS) is 15.0. The van der Waals surface area contributed by atoms with Crippen LogP contribution in [0.4, 0.5) is 5.69 Å². The Hall–Kier alpha value is -2.07. The quantitative estimate of drug-likeness (QED) is 0.873. The summed E-state index contributed by atoms with van der Waals surface area (Å²) in [5, 5.41) is 7.66. The molecule has 0 aliphatic heterocycles. The molecule has 1 saturated carbocycles. The average Bonchev–Trinajstić information content (AvgIpc) is 3.21. The van der Waals surface area contributed by atoms with Crippen LogP contribution in [0, 0.1) is 5.92 Å². The van der Waals surface area contributed by atoms with Gasteiger partial charge in [0.05, 0.1) is 28.8 Å². The molecular weight excluding hydrogens is 286 g/mol. The number of hydrogen-bond acceptors (Lipinski definition) is 2. The van der Waals surface area contributed by atoms with Crippen LogP contribution in [0.25, 0.3) is 5.69 Å². The van der Waals surface area contributed by atoms with Crippen LogP contribution in [-0.4, -0.2) is 15.7 Å². The molecule has 1 heterocycles. The monoisotopic (exact) mass is 301 g/mol. The van der Waals surface area contributed by atoms with Gasteiger partial charge in [-0.25, -0.2) is 4.68 Å². The molecule has 21 heavy (non-hydrogen) atoms. The van der Waals surface area contributed by atoms with E-state index in [1.165, 1.54) is 12.8 Å². The van der Waals surface area contributed by atoms with Gasteiger partial charge in [0, 0.05) is 6.08 Å². The zero-order chi connectivity index (χ0) is 14.8. The van der Waals surface area contributed by atoms with E-state index in [0.29, 0.717) is 16.6 Å². The molecule has 0 spiro atoms. The van der Waals surface area contributed by atoms with Gasteiger partial charge in [-0.05, 0) is 37.8 Å². The molecule has 0 bridgehead atoms. The Morgan fingerprint density at radius 3 is 2.90 bits per heavy atom. The van der Waals surface area contributed by atoms with E-state index in [1.807, 2.05) is 25.1 Å². The molecule has 0 atom stereocenters. The van der Waals surface area contributed by atoms with Crippen LogP contribution in [0.15, 0.2) is 48.3 Å². The van der Waals surface area contributed by atoms with Crippen LogP contribution in [0.2, 0.25) is 5.02 Å². The second-order valence-corrected chi connectivity index (χ2v) is 5.68. The number of amides is 1. The van der Waals surface area contributed by atoms with Crippen molar-refractivity contribution in [3.05, 3.63) is 53.3 Å². The minimum atomic E-state index is -0.113. The zero-order valence-electron chi connectivity index (χ0n) is 11.7. The molecule has 4 nitrogen and oxygen atoms in total. The van der Waals surface area contributed by atoms with E-state index in [1.54, 1.807) is 29.2 Å². The Morgan fingerprint density at radius 1 is 1.43 bits per heavy atom. The summed E-state index contributed by atoms with van der Waals surface area (Å²) in [5.41, 5.74) is 2.58. The van der Waals surface area contributed by atoms with E-state index < -0.39 is 0 Å². The van der Waals surface area contributed by atoms with E-state index in [9.17, 15) is 4.79 Å². The Morgan fingerprint density at radius 2 is 2.19 bits per heavy atom. The Kier molecular flexibility index (Phi) is 3.80. The lowest BCUT2D eigenvalue weighted by Crippen LogP contribution is -2.08. The van der Waals surface area contributed by atoms with Crippen LogP contribution in [-0.2, 0) is 4.79 Å². The summed E-state index contributed by atoms with van der Waals surface area (Å²) >= 11 is 6.13. The topological polar surface area (TPSA) is 46.9 Å². The summed E-state index contributed by atoms with van der Waals surface area (Å²) in [5.74, 6) is 0.486. The van der Waals surface area contributed by atoms with Crippen LogP contribution < -0.4 is 5.32 Å². The highest BCUT2D eigenvalue weighted by molar-refractivity contribution is 6.32. The number of benzene rings is 1. The molecular formula is C16H16ClN3O. The van der Waals surface area contributed by atoms with Gasteiger partial charge in [0.2, 0.25) is 5.91 Å². The van der Waals surface area contributed by atoms with Crippen molar-refractivity contribution in [2.24, 2.45) is 5.92 Å². The summed E-state index contributed by atoms with van der Waals surface area (Å²) in [4.78, 5) is 11.9. The van der Waals surface area contributed by atoms with E-state index in [2.05, 4.69) is 10.4 Å². The van der Waals surface area contributed by atoms with Crippen molar-refractivity contribution in [2.45, 2.75) is 19.8 Å². The summed E-state index contributed by atoms with van der Waals surface area (Å²) in [6.45, 7) is 2.00. The average molecular weight is 302 g/mol. The van der Waals surface area contributed by atoms with Crippen LogP contribution in [0.1, 0.15) is 19.8 Å². The number of nitrogens with one attached hydrogen (secondary N) is 1. The number of halogens is 1. The zero-order valence-corrected chi connectivity index (χ0v) is 12.5. The highest BCUT2D eigenvalue weighted by Crippen LogP contribution is 2.35. The molecule has 0 saturated heterocycles. The van der Waals surface area contributed by atoms with Gasteiger partial charge in [0.1, 0.15) is 0 Å². The molecule has 0 radical (unpaired) electrons. The third-order valence-electron chi connectivity index (χ3n) is 3.53. The first-order valence-electron chi connectivity index (χ1n) is 6.92. The van der Waals surface area contributed by atoms with Gasteiger partial charge in [0.15, 0.2) is 0 Å². The second kappa shape index (κ2) is 5.74. The van der Waals surface area contributed by atoms with Crippen molar-refractivity contribution >= 4 is 23.2 Å². The molecule has 108 valence electrons. The van der Waals surface area contributed by atoms with Gasteiger partial charge >= 0.3 is 0 Å². The minimum Gasteiger partial charge on any atom is -0.320 e. The van der Waals surface area contributed by atoms with Crippen molar-refractivity contribution in [3.8, 4) is 5.69 Å². The van der Waals surface area contributed by atoms with E-state index >= 15 is 0 Å². The standard InChI is InChI=1S/C16H16ClN3O/c1-11(12-6-7-12)8-16(21)19-13-9-18-20(10-13)15-5-3-2-4-14(15)17/h2-5,8-10,12H,6-7H2,1H3,(H,19,21)/b11-8-. The smallest absolute Gasteiger partial charge is 0.248 e. The predicted octanol–water partition coefficient (Wildman–Crippen LogP) is 3.82. The molecule has 1 aliphatic carbocycles. The van der Waals surface area contributed by atoms with Crippen LogP contribution >= 0.6 is 11.6 Å². The lowest BCUT2D eigenvalue weighted by molar-refractivity contribution is -0.112. The summed E-state index contributed by atoms with van der Waals surface area (Å²) in [6.07, 6.45) is 7.42. The SMILES string of the molecule is C/C(=C/C(=O)Nc1cnn(-c2ccccc2Cl)c1)C1CC1. The molecule has 2 aromatic rings. The maximum absolute atomic E-state index is 11.9. The fraction of sp³-hybridized carbons (Fsp3) is 0.250.